The fraction of sp³-hybridized carbons (Fsp3) is 0.636. The first kappa shape index (κ1) is 15.1. The average molecular weight is 340 g/mol. The van der Waals surface area contributed by atoms with E-state index in [0.717, 1.165) is 0 Å². The van der Waals surface area contributed by atoms with E-state index in [-0.39, 0.29) is 6.04 Å². The molecule has 0 fully saturated rings. The van der Waals surface area contributed by atoms with E-state index in [1.54, 1.807) is 15.8 Å². The average Bonchev–Trinajstić information content (AvgIpc) is 2.60. The molecule has 0 spiro atoms. The van der Waals surface area contributed by atoms with Gasteiger partial charge in [0.05, 0.1) is 0 Å². The van der Waals surface area contributed by atoms with Crippen LogP contribution in [-0.2, 0) is 10.0 Å². The molecule has 6 heteroatoms. The largest absolute Gasteiger partial charge is 0.253 e. The minimum Gasteiger partial charge on any atom is -0.206 e. The molecule has 0 N–H and O–H groups in total. The topological polar surface area (TPSA) is 37.4 Å². The first-order chi connectivity index (χ1) is 7.76. The third kappa shape index (κ3) is 3.53. The Hall–Kier alpha value is 0.0900. The van der Waals surface area contributed by atoms with Crippen molar-refractivity contribution in [1.82, 2.24) is 4.31 Å². The lowest BCUT2D eigenvalue weighted by Crippen LogP contribution is -2.39. The summed E-state index contributed by atoms with van der Waals surface area (Å²) in [7, 11) is -3.38. The summed E-state index contributed by atoms with van der Waals surface area (Å²) in [5, 5.41) is 1.78. The van der Waals surface area contributed by atoms with Gasteiger partial charge < -0.3 is 0 Å². The molecule has 0 radical (unpaired) electrons. The van der Waals surface area contributed by atoms with Crippen molar-refractivity contribution in [2.45, 2.75) is 37.9 Å². The fourth-order valence-corrected chi connectivity index (χ4v) is 5.74. The van der Waals surface area contributed by atoms with Gasteiger partial charge in [-0.2, -0.15) is 4.31 Å². The van der Waals surface area contributed by atoms with Crippen LogP contribution in [0, 0.1) is 5.92 Å². The molecular weight excluding hydrogens is 322 g/mol. The van der Waals surface area contributed by atoms with Crippen molar-refractivity contribution in [2.24, 2.45) is 5.92 Å². The first-order valence-corrected chi connectivity index (χ1v) is 8.63. The van der Waals surface area contributed by atoms with Gasteiger partial charge >= 0.3 is 0 Å². The number of hydrogen-bond acceptors (Lipinski definition) is 3. The Labute approximate surface area is 116 Å². The highest BCUT2D eigenvalue weighted by molar-refractivity contribution is 9.10. The van der Waals surface area contributed by atoms with E-state index in [1.165, 1.54) is 11.3 Å². The van der Waals surface area contributed by atoms with Gasteiger partial charge in [0.25, 0.3) is 10.0 Å². The Morgan fingerprint density at radius 3 is 2.29 bits per heavy atom. The zero-order valence-corrected chi connectivity index (χ0v) is 13.7. The van der Waals surface area contributed by atoms with Gasteiger partial charge in [-0.3, -0.25) is 0 Å². The summed E-state index contributed by atoms with van der Waals surface area (Å²) < 4.78 is 27.6. The molecule has 17 heavy (non-hydrogen) atoms. The van der Waals surface area contributed by atoms with Crippen molar-refractivity contribution in [1.29, 1.82) is 0 Å². The number of nitrogens with zero attached hydrogens (tertiary/aromatic N) is 1. The van der Waals surface area contributed by atoms with E-state index < -0.39 is 10.0 Å². The van der Waals surface area contributed by atoms with E-state index in [9.17, 15) is 8.42 Å². The summed E-state index contributed by atoms with van der Waals surface area (Å²) in [4.78, 5) is 0. The molecule has 0 aliphatic carbocycles. The second-order valence-corrected chi connectivity index (χ2v) is 8.47. The van der Waals surface area contributed by atoms with Crippen molar-refractivity contribution in [3.8, 4) is 0 Å². The zero-order chi connectivity index (χ0) is 13.2. The second-order valence-electron chi connectivity index (χ2n) is 4.62. The molecule has 0 unspecified atom stereocenters. The quantitative estimate of drug-likeness (QED) is 0.822. The lowest BCUT2D eigenvalue weighted by atomic mass is 10.2. The van der Waals surface area contributed by atoms with Gasteiger partial charge in [0, 0.05) is 17.1 Å². The molecule has 1 heterocycles. The Morgan fingerprint density at radius 2 is 1.94 bits per heavy atom. The lowest BCUT2D eigenvalue weighted by Gasteiger charge is -2.27. The van der Waals surface area contributed by atoms with Crippen LogP contribution in [0.3, 0.4) is 0 Å². The molecule has 1 aromatic rings. The van der Waals surface area contributed by atoms with Gasteiger partial charge in [-0.05, 0) is 47.1 Å². The van der Waals surface area contributed by atoms with E-state index in [2.05, 4.69) is 15.9 Å². The second kappa shape index (κ2) is 5.82. The smallest absolute Gasteiger partial charge is 0.206 e. The molecule has 0 atom stereocenters. The van der Waals surface area contributed by atoms with E-state index in [0.29, 0.717) is 21.1 Å². The van der Waals surface area contributed by atoms with Crippen LogP contribution in [0.1, 0.15) is 27.7 Å². The fourth-order valence-electron chi connectivity index (χ4n) is 1.52. The maximum atomic E-state index is 12.5. The normalized spacial score (nSPS) is 12.9. The highest BCUT2D eigenvalue weighted by Gasteiger charge is 2.30. The number of rotatable bonds is 5. The van der Waals surface area contributed by atoms with Crippen LogP contribution >= 0.6 is 27.3 Å². The van der Waals surface area contributed by atoms with Crippen LogP contribution in [0.5, 0.6) is 0 Å². The monoisotopic (exact) mass is 339 g/mol. The minimum atomic E-state index is -3.38. The highest BCUT2D eigenvalue weighted by Crippen LogP contribution is 2.31. The maximum Gasteiger partial charge on any atom is 0.253 e. The number of sulfonamides is 1. The minimum absolute atomic E-state index is 0.0311. The highest BCUT2D eigenvalue weighted by atomic mass is 79.9. The van der Waals surface area contributed by atoms with Gasteiger partial charge in [-0.1, -0.05) is 13.8 Å². The summed E-state index contributed by atoms with van der Waals surface area (Å²) in [5.41, 5.74) is 0. The maximum absolute atomic E-state index is 12.5. The number of halogens is 1. The van der Waals surface area contributed by atoms with E-state index >= 15 is 0 Å². The van der Waals surface area contributed by atoms with Gasteiger partial charge in [0.1, 0.15) is 4.21 Å². The van der Waals surface area contributed by atoms with Crippen LogP contribution in [0.2, 0.25) is 0 Å². The molecule has 0 bridgehead atoms. The Balaban J connectivity index is 3.14. The molecule has 1 aromatic heterocycles. The van der Waals surface area contributed by atoms with Crippen LogP contribution in [-0.4, -0.2) is 25.3 Å². The van der Waals surface area contributed by atoms with Crippen LogP contribution in [0.25, 0.3) is 0 Å². The van der Waals surface area contributed by atoms with Gasteiger partial charge in [-0.15, -0.1) is 11.3 Å². The third-order valence-corrected chi connectivity index (χ3v) is 6.94. The standard InChI is InChI=1S/C11H18BrNO2S2/c1-8(2)7-13(9(3)4)17(14,15)11-10(12)5-6-16-11/h5-6,8-9H,7H2,1-4H3. The molecule has 3 nitrogen and oxygen atoms in total. The Morgan fingerprint density at radius 1 is 1.35 bits per heavy atom. The summed E-state index contributed by atoms with van der Waals surface area (Å²) >= 11 is 4.54. The Bertz CT molecular complexity index is 466. The lowest BCUT2D eigenvalue weighted by molar-refractivity contribution is 0.319. The van der Waals surface area contributed by atoms with Crippen LogP contribution < -0.4 is 0 Å². The van der Waals surface area contributed by atoms with Crippen molar-refractivity contribution in [3.63, 3.8) is 0 Å². The summed E-state index contributed by atoms with van der Waals surface area (Å²) in [6, 6.07) is 1.74. The third-order valence-electron chi connectivity index (χ3n) is 2.25. The molecule has 0 amide bonds. The van der Waals surface area contributed by atoms with Gasteiger partial charge in [-0.25, -0.2) is 8.42 Å². The molecule has 98 valence electrons. The van der Waals surface area contributed by atoms with Crippen molar-refractivity contribution in [2.75, 3.05) is 6.54 Å². The van der Waals surface area contributed by atoms with Gasteiger partial charge in [0.2, 0.25) is 0 Å². The molecule has 0 saturated carbocycles. The van der Waals surface area contributed by atoms with Crippen LogP contribution in [0.4, 0.5) is 0 Å². The van der Waals surface area contributed by atoms with Crippen molar-refractivity contribution < 1.29 is 8.42 Å². The number of thiophene rings is 1. The SMILES string of the molecule is CC(C)CN(C(C)C)S(=O)(=O)c1sccc1Br. The Kier molecular flexibility index (Phi) is 5.19. The zero-order valence-electron chi connectivity index (χ0n) is 10.5. The molecule has 0 aliphatic heterocycles. The van der Waals surface area contributed by atoms with Crippen molar-refractivity contribution in [3.05, 3.63) is 15.9 Å². The van der Waals surface area contributed by atoms with Crippen molar-refractivity contribution >= 4 is 37.3 Å². The molecule has 0 aromatic carbocycles. The molecule has 0 aliphatic rings. The van der Waals surface area contributed by atoms with E-state index in [1.807, 2.05) is 27.7 Å². The van der Waals surface area contributed by atoms with Gasteiger partial charge in [0.15, 0.2) is 0 Å². The summed E-state index contributed by atoms with van der Waals surface area (Å²) in [6.07, 6.45) is 0. The van der Waals surface area contributed by atoms with Crippen LogP contribution in [0.15, 0.2) is 20.1 Å². The van der Waals surface area contributed by atoms with E-state index in [4.69, 9.17) is 0 Å². The predicted molar refractivity (Wildman–Crippen MR) is 75.9 cm³/mol. The predicted octanol–water partition coefficient (Wildman–Crippen LogP) is 3.57. The number of hydrogen-bond donors (Lipinski definition) is 0. The molecule has 1 rings (SSSR count). The summed E-state index contributed by atoms with van der Waals surface area (Å²) in [5.74, 6) is 0.311. The molecular formula is C11H18BrNO2S2. The first-order valence-electron chi connectivity index (χ1n) is 5.51. The molecule has 0 saturated heterocycles. The summed E-state index contributed by atoms with van der Waals surface area (Å²) in [6.45, 7) is 8.40.